The Balaban J connectivity index is 2.31. The van der Waals surface area contributed by atoms with E-state index in [2.05, 4.69) is 11.1 Å². The van der Waals surface area contributed by atoms with Crippen molar-refractivity contribution in [2.24, 2.45) is 11.1 Å². The quantitative estimate of drug-likeness (QED) is 0.866. The lowest BCUT2D eigenvalue weighted by Gasteiger charge is -2.31. The van der Waals surface area contributed by atoms with Crippen molar-refractivity contribution in [1.29, 1.82) is 0 Å². The minimum absolute atomic E-state index is 0.301. The summed E-state index contributed by atoms with van der Waals surface area (Å²) in [5.74, 6) is 0. The summed E-state index contributed by atoms with van der Waals surface area (Å²) in [6.45, 7) is 4.26. The molecule has 3 N–H and O–H groups in total. The van der Waals surface area contributed by atoms with Crippen molar-refractivity contribution in [3.05, 3.63) is 42.1 Å². The molecule has 2 aromatic rings. The van der Waals surface area contributed by atoms with Crippen molar-refractivity contribution >= 4 is 10.9 Å². The van der Waals surface area contributed by atoms with Crippen molar-refractivity contribution < 1.29 is 5.11 Å². The number of aromatic nitrogens is 1. The third-order valence-electron chi connectivity index (χ3n) is 3.73. The second-order valence-corrected chi connectivity index (χ2v) is 5.25. The first-order valence-electron chi connectivity index (χ1n) is 6.27. The monoisotopic (exact) mass is 244 g/mol. The molecule has 0 amide bonds. The van der Waals surface area contributed by atoms with Crippen molar-refractivity contribution in [2.45, 2.75) is 26.4 Å². The molecule has 18 heavy (non-hydrogen) atoms. The molecule has 1 aromatic carbocycles. The van der Waals surface area contributed by atoms with Crippen LogP contribution in [0.5, 0.6) is 0 Å². The maximum Gasteiger partial charge on any atom is 0.0702 e. The van der Waals surface area contributed by atoms with E-state index in [-0.39, 0.29) is 5.41 Å². The molecule has 0 fully saturated rings. The molecule has 0 aliphatic carbocycles. The van der Waals surface area contributed by atoms with Crippen LogP contribution in [0.4, 0.5) is 0 Å². The lowest BCUT2D eigenvalue weighted by Crippen LogP contribution is -2.39. The van der Waals surface area contributed by atoms with Gasteiger partial charge in [0, 0.05) is 23.5 Å². The zero-order valence-electron chi connectivity index (χ0n) is 10.9. The molecule has 0 saturated carbocycles. The van der Waals surface area contributed by atoms with E-state index < -0.39 is 6.10 Å². The second-order valence-electron chi connectivity index (χ2n) is 5.25. The van der Waals surface area contributed by atoms with E-state index in [0.29, 0.717) is 6.54 Å². The molecule has 3 nitrogen and oxygen atoms in total. The van der Waals surface area contributed by atoms with Gasteiger partial charge in [0.25, 0.3) is 0 Å². The van der Waals surface area contributed by atoms with E-state index in [1.165, 1.54) is 0 Å². The fourth-order valence-corrected chi connectivity index (χ4v) is 2.07. The average molecular weight is 244 g/mol. The van der Waals surface area contributed by atoms with Crippen LogP contribution >= 0.6 is 0 Å². The van der Waals surface area contributed by atoms with E-state index in [0.717, 1.165) is 22.9 Å². The van der Waals surface area contributed by atoms with Gasteiger partial charge in [0.1, 0.15) is 0 Å². The van der Waals surface area contributed by atoms with Crippen LogP contribution in [0.1, 0.15) is 19.4 Å². The molecule has 1 aromatic heterocycles. The highest BCUT2D eigenvalue weighted by molar-refractivity contribution is 5.78. The summed E-state index contributed by atoms with van der Waals surface area (Å²) < 4.78 is 0. The van der Waals surface area contributed by atoms with Crippen LogP contribution in [0.2, 0.25) is 0 Å². The molecule has 3 heteroatoms. The van der Waals surface area contributed by atoms with Crippen molar-refractivity contribution in [2.75, 3.05) is 6.54 Å². The van der Waals surface area contributed by atoms with Gasteiger partial charge in [0.15, 0.2) is 0 Å². The maximum atomic E-state index is 9.85. The smallest absolute Gasteiger partial charge is 0.0702 e. The zero-order chi connectivity index (χ0) is 13.2. The number of pyridine rings is 1. The third-order valence-corrected chi connectivity index (χ3v) is 3.73. The minimum atomic E-state index is -0.436. The van der Waals surface area contributed by atoms with E-state index >= 15 is 0 Å². The molecular weight excluding hydrogens is 224 g/mol. The summed E-state index contributed by atoms with van der Waals surface area (Å²) in [5.41, 5.74) is 7.59. The fraction of sp³-hybridized carbons (Fsp3) is 0.400. The van der Waals surface area contributed by atoms with Gasteiger partial charge in [-0.2, -0.15) is 0 Å². The first-order valence-corrected chi connectivity index (χ1v) is 6.27. The SMILES string of the molecule is CC(O)C(C)(CN)Cc1cnc2ccccc2c1. The highest BCUT2D eigenvalue weighted by Gasteiger charge is 2.28. The molecule has 96 valence electrons. The minimum Gasteiger partial charge on any atom is -0.393 e. The van der Waals surface area contributed by atoms with E-state index in [9.17, 15) is 5.11 Å². The van der Waals surface area contributed by atoms with Gasteiger partial charge in [0.05, 0.1) is 11.6 Å². The Labute approximate surface area is 108 Å². The summed E-state index contributed by atoms with van der Waals surface area (Å²) in [5, 5.41) is 11.0. The standard InChI is InChI=1S/C15H20N2O/c1-11(18)15(2,10-16)8-12-7-13-5-3-4-6-14(13)17-9-12/h3-7,9,11,18H,8,10,16H2,1-2H3. The predicted octanol–water partition coefficient (Wildman–Crippen LogP) is 2.12. The van der Waals surface area contributed by atoms with Crippen LogP contribution in [0.3, 0.4) is 0 Å². The van der Waals surface area contributed by atoms with Crippen LogP contribution in [-0.2, 0) is 6.42 Å². The van der Waals surface area contributed by atoms with Gasteiger partial charge in [-0.15, -0.1) is 0 Å². The van der Waals surface area contributed by atoms with E-state index in [1.54, 1.807) is 6.92 Å². The molecular formula is C15H20N2O. The van der Waals surface area contributed by atoms with Crippen molar-refractivity contribution in [3.63, 3.8) is 0 Å². The van der Waals surface area contributed by atoms with Gasteiger partial charge in [-0.05, 0) is 31.0 Å². The highest BCUT2D eigenvalue weighted by Crippen LogP contribution is 2.26. The first kappa shape index (κ1) is 13.0. The van der Waals surface area contributed by atoms with Gasteiger partial charge in [0.2, 0.25) is 0 Å². The second kappa shape index (κ2) is 5.04. The Morgan fingerprint density at radius 3 is 2.78 bits per heavy atom. The number of fused-ring (bicyclic) bond motifs is 1. The molecule has 1 heterocycles. The summed E-state index contributed by atoms with van der Waals surface area (Å²) in [7, 11) is 0. The number of rotatable bonds is 4. The van der Waals surface area contributed by atoms with Crippen LogP contribution < -0.4 is 5.73 Å². The third kappa shape index (κ3) is 2.52. The Kier molecular flexibility index (Phi) is 3.64. The molecule has 0 saturated heterocycles. The van der Waals surface area contributed by atoms with Crippen LogP contribution in [-0.4, -0.2) is 22.7 Å². The molecule has 0 bridgehead atoms. The van der Waals surface area contributed by atoms with Crippen LogP contribution in [0.15, 0.2) is 36.5 Å². The normalized spacial score (nSPS) is 16.4. The Morgan fingerprint density at radius 1 is 1.39 bits per heavy atom. The summed E-state index contributed by atoms with van der Waals surface area (Å²) in [4.78, 5) is 4.44. The van der Waals surface area contributed by atoms with Gasteiger partial charge in [-0.25, -0.2) is 0 Å². The first-order chi connectivity index (χ1) is 8.55. The van der Waals surface area contributed by atoms with Crippen LogP contribution in [0, 0.1) is 5.41 Å². The molecule has 0 radical (unpaired) electrons. The van der Waals surface area contributed by atoms with E-state index in [1.807, 2.05) is 37.4 Å². The molecule has 2 atom stereocenters. The highest BCUT2D eigenvalue weighted by atomic mass is 16.3. The zero-order valence-corrected chi connectivity index (χ0v) is 10.9. The number of hydrogen-bond acceptors (Lipinski definition) is 3. The molecule has 0 aliphatic heterocycles. The van der Waals surface area contributed by atoms with Gasteiger partial charge < -0.3 is 10.8 Å². The number of nitrogens with zero attached hydrogens (tertiary/aromatic N) is 1. The van der Waals surface area contributed by atoms with E-state index in [4.69, 9.17) is 5.73 Å². The fourth-order valence-electron chi connectivity index (χ4n) is 2.07. The summed E-state index contributed by atoms with van der Waals surface area (Å²) >= 11 is 0. The Hall–Kier alpha value is -1.45. The van der Waals surface area contributed by atoms with Crippen molar-refractivity contribution in [3.8, 4) is 0 Å². The lowest BCUT2D eigenvalue weighted by atomic mass is 9.79. The number of hydrogen-bond donors (Lipinski definition) is 2. The number of aliphatic hydroxyl groups excluding tert-OH is 1. The average Bonchev–Trinajstić information content (AvgIpc) is 2.38. The number of nitrogens with two attached hydrogens (primary N) is 1. The van der Waals surface area contributed by atoms with Crippen LogP contribution in [0.25, 0.3) is 10.9 Å². The summed E-state index contributed by atoms with van der Waals surface area (Å²) in [6, 6.07) is 10.2. The van der Waals surface area contributed by atoms with Gasteiger partial charge in [-0.1, -0.05) is 25.1 Å². The molecule has 2 unspecified atom stereocenters. The summed E-state index contributed by atoms with van der Waals surface area (Å²) in [6.07, 6.45) is 2.17. The van der Waals surface area contributed by atoms with Crippen molar-refractivity contribution in [1.82, 2.24) is 4.98 Å². The lowest BCUT2D eigenvalue weighted by molar-refractivity contribution is 0.0588. The topological polar surface area (TPSA) is 59.1 Å². The van der Waals surface area contributed by atoms with Gasteiger partial charge in [-0.3, -0.25) is 4.98 Å². The molecule has 2 rings (SSSR count). The molecule has 0 aliphatic rings. The maximum absolute atomic E-state index is 9.85. The predicted molar refractivity (Wildman–Crippen MR) is 74.3 cm³/mol. The Bertz CT molecular complexity index is 539. The number of benzene rings is 1. The largest absolute Gasteiger partial charge is 0.393 e. The number of aliphatic hydroxyl groups is 1. The number of para-hydroxylation sites is 1. The molecule has 0 spiro atoms. The van der Waals surface area contributed by atoms with Gasteiger partial charge >= 0.3 is 0 Å². The Morgan fingerprint density at radius 2 is 2.11 bits per heavy atom.